The number of benzene rings is 2. The van der Waals surface area contributed by atoms with E-state index < -0.39 is 6.04 Å². The Morgan fingerprint density at radius 2 is 1.97 bits per heavy atom. The first kappa shape index (κ1) is 22.6. The summed E-state index contributed by atoms with van der Waals surface area (Å²) in [6.45, 7) is 1.42. The molecule has 7 nitrogen and oxygen atoms in total. The first-order chi connectivity index (χ1) is 16.4. The fraction of sp³-hybridized carbons (Fsp3) is 0.240. The Hall–Kier alpha value is -3.20. The number of rotatable bonds is 5. The molecule has 1 saturated heterocycles. The van der Waals surface area contributed by atoms with Crippen molar-refractivity contribution in [2.24, 2.45) is 5.73 Å². The van der Waals surface area contributed by atoms with E-state index in [4.69, 9.17) is 17.3 Å². The summed E-state index contributed by atoms with van der Waals surface area (Å²) in [6.07, 6.45) is 1.57. The van der Waals surface area contributed by atoms with E-state index in [1.807, 2.05) is 24.3 Å². The van der Waals surface area contributed by atoms with Gasteiger partial charge in [0.1, 0.15) is 0 Å². The molecule has 9 heteroatoms. The number of carbonyl (C=O) groups is 3. The molecular weight excluding hydrogens is 472 g/mol. The SMILES string of the molecule is N[C@H]1CCCN(c2cccc(CN3Cc4c(NC(=O)c5ccc(Cl)s5)cccc4C3=O)c2)C1=O. The Morgan fingerprint density at radius 1 is 1.15 bits per heavy atom. The Balaban J connectivity index is 1.33. The minimum absolute atomic E-state index is 0.0690. The van der Waals surface area contributed by atoms with Gasteiger partial charge in [-0.3, -0.25) is 14.4 Å². The van der Waals surface area contributed by atoms with Crippen LogP contribution in [0.3, 0.4) is 0 Å². The predicted molar refractivity (Wildman–Crippen MR) is 133 cm³/mol. The third kappa shape index (κ3) is 4.32. The molecule has 0 spiro atoms. The van der Waals surface area contributed by atoms with Crippen molar-refractivity contribution in [1.82, 2.24) is 4.90 Å². The summed E-state index contributed by atoms with van der Waals surface area (Å²) in [4.78, 5) is 42.2. The zero-order valence-electron chi connectivity index (χ0n) is 18.3. The van der Waals surface area contributed by atoms with E-state index in [2.05, 4.69) is 5.32 Å². The average molecular weight is 495 g/mol. The molecule has 0 saturated carbocycles. The van der Waals surface area contributed by atoms with Crippen LogP contribution in [0.4, 0.5) is 11.4 Å². The molecule has 1 aromatic heterocycles. The molecule has 3 amide bonds. The molecule has 1 fully saturated rings. The molecule has 3 aromatic rings. The fourth-order valence-electron chi connectivity index (χ4n) is 4.46. The van der Waals surface area contributed by atoms with Gasteiger partial charge in [-0.2, -0.15) is 0 Å². The van der Waals surface area contributed by atoms with Crippen molar-refractivity contribution in [3.63, 3.8) is 0 Å². The quantitative estimate of drug-likeness (QED) is 0.553. The smallest absolute Gasteiger partial charge is 0.265 e. The summed E-state index contributed by atoms with van der Waals surface area (Å²) in [5.74, 6) is -0.416. The van der Waals surface area contributed by atoms with Gasteiger partial charge in [0.05, 0.1) is 15.3 Å². The zero-order chi connectivity index (χ0) is 23.8. The van der Waals surface area contributed by atoms with Crippen LogP contribution in [0.15, 0.2) is 54.6 Å². The Labute approximate surface area is 206 Å². The monoisotopic (exact) mass is 494 g/mol. The first-order valence-corrected chi connectivity index (χ1v) is 12.2. The highest BCUT2D eigenvalue weighted by atomic mass is 35.5. The highest BCUT2D eigenvalue weighted by Gasteiger charge is 2.31. The molecule has 174 valence electrons. The van der Waals surface area contributed by atoms with Gasteiger partial charge >= 0.3 is 0 Å². The van der Waals surface area contributed by atoms with Crippen molar-refractivity contribution in [2.75, 3.05) is 16.8 Å². The third-order valence-corrected chi connectivity index (χ3v) is 7.39. The van der Waals surface area contributed by atoms with E-state index in [0.29, 0.717) is 46.5 Å². The standard InChI is InChI=1S/C25H23ClN4O3S/c26-22-10-9-21(34-22)23(31)28-20-8-2-6-17-18(20)14-29(24(17)32)13-15-4-1-5-16(12-15)30-11-3-7-19(27)25(30)33/h1-2,4-6,8-10,12,19H,3,7,11,13-14,27H2,(H,28,31)/t19-/m0/s1. The van der Waals surface area contributed by atoms with E-state index in [1.165, 1.54) is 11.3 Å². The van der Waals surface area contributed by atoms with Crippen molar-refractivity contribution < 1.29 is 14.4 Å². The lowest BCUT2D eigenvalue weighted by Gasteiger charge is -2.31. The lowest BCUT2D eigenvalue weighted by Crippen LogP contribution is -2.48. The summed E-state index contributed by atoms with van der Waals surface area (Å²) in [5, 5.41) is 2.92. The predicted octanol–water partition coefficient (Wildman–Crippen LogP) is 4.26. The van der Waals surface area contributed by atoms with E-state index in [-0.39, 0.29) is 17.7 Å². The van der Waals surface area contributed by atoms with Crippen molar-refractivity contribution in [2.45, 2.75) is 32.0 Å². The maximum atomic E-state index is 13.1. The average Bonchev–Trinajstić information content (AvgIpc) is 3.40. The van der Waals surface area contributed by atoms with Crippen LogP contribution in [-0.4, -0.2) is 35.2 Å². The number of thiophene rings is 1. The molecule has 2 aromatic carbocycles. The Morgan fingerprint density at radius 3 is 2.76 bits per heavy atom. The molecule has 2 aliphatic rings. The number of nitrogens with one attached hydrogen (secondary N) is 1. The summed E-state index contributed by atoms with van der Waals surface area (Å²) < 4.78 is 0.542. The van der Waals surface area contributed by atoms with Crippen LogP contribution in [0.2, 0.25) is 4.34 Å². The molecule has 1 atom stereocenters. The summed E-state index contributed by atoms with van der Waals surface area (Å²) in [6, 6.07) is 15.9. The number of hydrogen-bond donors (Lipinski definition) is 2. The normalized spacial score (nSPS) is 17.8. The highest BCUT2D eigenvalue weighted by molar-refractivity contribution is 7.18. The number of nitrogens with zero attached hydrogens (tertiary/aromatic N) is 2. The number of piperidine rings is 1. The highest BCUT2D eigenvalue weighted by Crippen LogP contribution is 2.32. The summed E-state index contributed by atoms with van der Waals surface area (Å²) in [7, 11) is 0. The van der Waals surface area contributed by atoms with Gasteiger partial charge < -0.3 is 20.9 Å². The molecule has 2 aliphatic heterocycles. The van der Waals surface area contributed by atoms with Crippen LogP contribution in [0, 0.1) is 0 Å². The van der Waals surface area contributed by atoms with E-state index in [1.54, 1.807) is 40.1 Å². The van der Waals surface area contributed by atoms with Gasteiger partial charge in [0.15, 0.2) is 0 Å². The fourth-order valence-corrected chi connectivity index (χ4v) is 5.40. The summed E-state index contributed by atoms with van der Waals surface area (Å²) in [5.41, 5.74) is 9.65. The number of amides is 3. The van der Waals surface area contributed by atoms with Gasteiger partial charge in [-0.15, -0.1) is 11.3 Å². The van der Waals surface area contributed by atoms with Crippen molar-refractivity contribution in [3.8, 4) is 0 Å². The van der Waals surface area contributed by atoms with Gasteiger partial charge in [-0.25, -0.2) is 0 Å². The number of hydrogen-bond acceptors (Lipinski definition) is 5. The van der Waals surface area contributed by atoms with Gasteiger partial charge in [-0.05, 0) is 54.8 Å². The topological polar surface area (TPSA) is 95.7 Å². The Kier molecular flexibility index (Phi) is 6.12. The lowest BCUT2D eigenvalue weighted by molar-refractivity contribution is -0.120. The largest absolute Gasteiger partial charge is 0.330 e. The van der Waals surface area contributed by atoms with E-state index in [9.17, 15) is 14.4 Å². The maximum Gasteiger partial charge on any atom is 0.265 e. The van der Waals surface area contributed by atoms with Gasteiger partial charge in [0, 0.05) is 42.1 Å². The number of fused-ring (bicyclic) bond motifs is 1. The first-order valence-electron chi connectivity index (χ1n) is 11.0. The molecule has 0 aliphatic carbocycles. The van der Waals surface area contributed by atoms with Gasteiger partial charge in [0.25, 0.3) is 11.8 Å². The van der Waals surface area contributed by atoms with Crippen molar-refractivity contribution >= 4 is 52.0 Å². The summed E-state index contributed by atoms with van der Waals surface area (Å²) >= 11 is 7.16. The minimum Gasteiger partial charge on any atom is -0.330 e. The van der Waals surface area contributed by atoms with Gasteiger partial charge in [0.2, 0.25) is 5.91 Å². The number of halogens is 1. The number of nitrogens with two attached hydrogens (primary N) is 1. The van der Waals surface area contributed by atoms with Crippen LogP contribution < -0.4 is 16.0 Å². The van der Waals surface area contributed by atoms with Crippen LogP contribution in [0.5, 0.6) is 0 Å². The van der Waals surface area contributed by atoms with E-state index >= 15 is 0 Å². The van der Waals surface area contributed by atoms with Gasteiger partial charge in [-0.1, -0.05) is 29.8 Å². The molecule has 0 bridgehead atoms. The molecular formula is C25H23ClN4O3S. The van der Waals surface area contributed by atoms with Crippen molar-refractivity contribution in [3.05, 3.63) is 80.5 Å². The van der Waals surface area contributed by atoms with Crippen molar-refractivity contribution in [1.29, 1.82) is 0 Å². The zero-order valence-corrected chi connectivity index (χ0v) is 19.9. The maximum absolute atomic E-state index is 13.1. The number of anilines is 2. The molecule has 3 N–H and O–H groups in total. The molecule has 3 heterocycles. The second kappa shape index (κ2) is 9.21. The second-order valence-electron chi connectivity index (χ2n) is 8.46. The molecule has 5 rings (SSSR count). The lowest BCUT2D eigenvalue weighted by atomic mass is 10.0. The third-order valence-electron chi connectivity index (χ3n) is 6.16. The molecule has 0 radical (unpaired) electrons. The Bertz CT molecular complexity index is 1290. The number of carbonyl (C=O) groups excluding carboxylic acids is 3. The van der Waals surface area contributed by atoms with Crippen LogP contribution >= 0.6 is 22.9 Å². The molecule has 0 unspecified atom stereocenters. The minimum atomic E-state index is -0.467. The van der Waals surface area contributed by atoms with E-state index in [0.717, 1.165) is 23.2 Å². The second-order valence-corrected chi connectivity index (χ2v) is 10.2. The molecule has 34 heavy (non-hydrogen) atoms. The van der Waals surface area contributed by atoms with Crippen LogP contribution in [0.1, 0.15) is 44.0 Å². The van der Waals surface area contributed by atoms with Crippen LogP contribution in [-0.2, 0) is 17.9 Å². The van der Waals surface area contributed by atoms with Crippen LogP contribution in [0.25, 0.3) is 0 Å².